The van der Waals surface area contributed by atoms with Gasteiger partial charge in [-0.25, -0.2) is 4.79 Å². The molecule has 1 aliphatic rings. The number of esters is 1. The maximum absolute atomic E-state index is 12.3. The number of ether oxygens (including phenoxy) is 1. The molecule has 0 aromatic heterocycles. The van der Waals surface area contributed by atoms with E-state index in [1.54, 1.807) is 0 Å². The molecule has 2 aromatic rings. The number of carbonyl (C=O) groups is 1. The van der Waals surface area contributed by atoms with Gasteiger partial charge in [-0.15, -0.1) is 0 Å². The average Bonchev–Trinajstić information content (AvgIpc) is 2.93. The Morgan fingerprint density at radius 1 is 1.20 bits per heavy atom. The second kappa shape index (κ2) is 8.01. The minimum atomic E-state index is -0.330. The average molecular weight is 399 g/mol. The van der Waals surface area contributed by atoms with E-state index in [0.717, 1.165) is 57.6 Å². The van der Waals surface area contributed by atoms with Gasteiger partial charge in [-0.05, 0) is 29.7 Å². The van der Waals surface area contributed by atoms with Gasteiger partial charge in [0, 0.05) is 22.0 Å². The van der Waals surface area contributed by atoms with Gasteiger partial charge in [-0.1, -0.05) is 84.2 Å². The van der Waals surface area contributed by atoms with Crippen LogP contribution in [-0.2, 0) is 9.53 Å². The van der Waals surface area contributed by atoms with Crippen molar-refractivity contribution >= 4 is 32.7 Å². The molecule has 1 heterocycles. The summed E-state index contributed by atoms with van der Waals surface area (Å²) < 4.78 is 5.79. The standard InChI is InChI=1S/C22H23BrO2/c1-3-4-5-10-17(14-23)20-15(2)22(24)25-21(20)19-13-8-11-16-9-6-7-12-18(16)19/h6-13,21H,3-5,14H2,1-2H3/b17-10+. The molecule has 1 atom stereocenters. The van der Waals surface area contributed by atoms with Crippen LogP contribution in [0.4, 0.5) is 0 Å². The number of benzene rings is 2. The number of hydrogen-bond acceptors (Lipinski definition) is 2. The summed E-state index contributed by atoms with van der Waals surface area (Å²) >= 11 is 3.61. The van der Waals surface area contributed by atoms with Crippen molar-refractivity contribution in [1.82, 2.24) is 0 Å². The number of rotatable bonds is 6. The molecule has 130 valence electrons. The smallest absolute Gasteiger partial charge is 0.335 e. The number of fused-ring (bicyclic) bond motifs is 1. The Balaban J connectivity index is 2.08. The lowest BCUT2D eigenvalue weighted by molar-refractivity contribution is -0.139. The minimum absolute atomic E-state index is 0.213. The second-order valence-electron chi connectivity index (χ2n) is 6.40. The van der Waals surface area contributed by atoms with Crippen LogP contribution < -0.4 is 0 Å². The highest BCUT2D eigenvalue weighted by molar-refractivity contribution is 9.09. The highest BCUT2D eigenvalue weighted by Crippen LogP contribution is 2.42. The molecule has 3 heteroatoms. The molecule has 2 nitrogen and oxygen atoms in total. The van der Waals surface area contributed by atoms with Crippen LogP contribution in [0.5, 0.6) is 0 Å². The van der Waals surface area contributed by atoms with E-state index in [1.807, 2.05) is 25.1 Å². The van der Waals surface area contributed by atoms with E-state index >= 15 is 0 Å². The van der Waals surface area contributed by atoms with Crippen LogP contribution in [0.2, 0.25) is 0 Å². The molecule has 3 rings (SSSR count). The first-order valence-corrected chi connectivity index (χ1v) is 9.94. The third kappa shape index (κ3) is 3.57. The molecule has 2 aromatic carbocycles. The van der Waals surface area contributed by atoms with Crippen molar-refractivity contribution in [3.8, 4) is 0 Å². The van der Waals surface area contributed by atoms with Gasteiger partial charge in [0.05, 0.1) is 0 Å². The Morgan fingerprint density at radius 3 is 2.72 bits per heavy atom. The van der Waals surface area contributed by atoms with Gasteiger partial charge < -0.3 is 4.74 Å². The molecule has 25 heavy (non-hydrogen) atoms. The van der Waals surface area contributed by atoms with Gasteiger partial charge in [-0.3, -0.25) is 0 Å². The van der Waals surface area contributed by atoms with E-state index in [2.05, 4.69) is 53.2 Å². The third-order valence-corrected chi connectivity index (χ3v) is 5.35. The summed E-state index contributed by atoms with van der Waals surface area (Å²) in [6.07, 6.45) is 5.24. The zero-order valence-electron chi connectivity index (χ0n) is 14.7. The van der Waals surface area contributed by atoms with E-state index < -0.39 is 0 Å². The predicted octanol–water partition coefficient (Wildman–Crippen LogP) is 6.27. The highest BCUT2D eigenvalue weighted by Gasteiger charge is 2.34. The largest absolute Gasteiger partial charge is 0.449 e. The van der Waals surface area contributed by atoms with Crippen LogP contribution in [-0.4, -0.2) is 11.3 Å². The van der Waals surface area contributed by atoms with Gasteiger partial charge in [0.15, 0.2) is 6.10 Å². The fourth-order valence-corrected chi connectivity index (χ4v) is 3.92. The Hall–Kier alpha value is -1.87. The van der Waals surface area contributed by atoms with Crippen LogP contribution in [0.1, 0.15) is 44.8 Å². The summed E-state index contributed by atoms with van der Waals surface area (Å²) in [5.74, 6) is -0.213. The van der Waals surface area contributed by atoms with Gasteiger partial charge in [0.25, 0.3) is 0 Å². The monoisotopic (exact) mass is 398 g/mol. The Kier molecular flexibility index (Phi) is 5.74. The molecule has 0 fully saturated rings. The number of cyclic esters (lactones) is 1. The van der Waals surface area contributed by atoms with E-state index in [0.29, 0.717) is 0 Å². The summed E-state index contributed by atoms with van der Waals surface area (Å²) in [4.78, 5) is 12.3. The number of carbonyl (C=O) groups excluding carboxylic acids is 1. The van der Waals surface area contributed by atoms with Crippen molar-refractivity contribution in [2.45, 2.75) is 39.2 Å². The van der Waals surface area contributed by atoms with Gasteiger partial charge in [0.1, 0.15) is 0 Å². The van der Waals surface area contributed by atoms with Crippen LogP contribution in [0.3, 0.4) is 0 Å². The first-order chi connectivity index (χ1) is 12.2. The molecular weight excluding hydrogens is 376 g/mol. The lowest BCUT2D eigenvalue weighted by atomic mass is 9.90. The summed E-state index contributed by atoms with van der Waals surface area (Å²) in [7, 11) is 0. The van der Waals surface area contributed by atoms with Gasteiger partial charge in [0.2, 0.25) is 0 Å². The maximum Gasteiger partial charge on any atom is 0.335 e. The lowest BCUT2D eigenvalue weighted by Gasteiger charge is -2.18. The van der Waals surface area contributed by atoms with E-state index in [1.165, 1.54) is 0 Å². The lowest BCUT2D eigenvalue weighted by Crippen LogP contribution is -2.06. The van der Waals surface area contributed by atoms with Crippen molar-refractivity contribution in [2.75, 3.05) is 5.33 Å². The normalized spacial score (nSPS) is 18.1. The molecule has 1 aliphatic heterocycles. The summed E-state index contributed by atoms with van der Waals surface area (Å²) in [6, 6.07) is 14.4. The summed E-state index contributed by atoms with van der Waals surface area (Å²) in [5.41, 5.74) is 3.96. The number of unbranched alkanes of at least 4 members (excludes halogenated alkanes) is 2. The molecule has 0 spiro atoms. The topological polar surface area (TPSA) is 26.3 Å². The van der Waals surface area contributed by atoms with Gasteiger partial charge in [-0.2, -0.15) is 0 Å². The molecular formula is C22H23BrO2. The molecule has 0 bridgehead atoms. The van der Waals surface area contributed by atoms with Crippen LogP contribution in [0.25, 0.3) is 10.8 Å². The molecule has 0 N–H and O–H groups in total. The first-order valence-electron chi connectivity index (χ1n) is 8.82. The van der Waals surface area contributed by atoms with Crippen molar-refractivity contribution in [2.24, 2.45) is 0 Å². The molecule has 0 saturated heterocycles. The summed E-state index contributed by atoms with van der Waals surface area (Å²) in [5, 5.41) is 3.02. The summed E-state index contributed by atoms with van der Waals surface area (Å²) in [6.45, 7) is 4.06. The Bertz CT molecular complexity index is 843. The molecule has 0 radical (unpaired) electrons. The first kappa shape index (κ1) is 17.9. The quantitative estimate of drug-likeness (QED) is 0.325. The SMILES string of the molecule is CCCC/C=C(\CBr)C1=C(C)C(=O)OC1c1cccc2ccccc12. The van der Waals surface area contributed by atoms with Crippen molar-refractivity contribution in [1.29, 1.82) is 0 Å². The zero-order valence-corrected chi connectivity index (χ0v) is 16.3. The van der Waals surface area contributed by atoms with Crippen molar-refractivity contribution < 1.29 is 9.53 Å². The molecule has 0 saturated carbocycles. The van der Waals surface area contributed by atoms with E-state index in [-0.39, 0.29) is 12.1 Å². The molecule has 1 unspecified atom stereocenters. The number of hydrogen-bond donors (Lipinski definition) is 0. The minimum Gasteiger partial charge on any atom is -0.449 e. The molecule has 0 amide bonds. The Morgan fingerprint density at radius 2 is 1.96 bits per heavy atom. The second-order valence-corrected chi connectivity index (χ2v) is 6.96. The van der Waals surface area contributed by atoms with Crippen molar-refractivity contribution in [3.63, 3.8) is 0 Å². The fraction of sp³-hybridized carbons (Fsp3) is 0.318. The van der Waals surface area contributed by atoms with Crippen molar-refractivity contribution in [3.05, 3.63) is 70.8 Å². The van der Waals surface area contributed by atoms with E-state index in [4.69, 9.17) is 4.74 Å². The fourth-order valence-electron chi connectivity index (χ4n) is 3.39. The Labute approximate surface area is 157 Å². The number of alkyl halides is 1. The number of halogens is 1. The zero-order chi connectivity index (χ0) is 17.8. The van der Waals surface area contributed by atoms with Crippen LogP contribution >= 0.6 is 15.9 Å². The predicted molar refractivity (Wildman–Crippen MR) is 107 cm³/mol. The van der Waals surface area contributed by atoms with Crippen LogP contribution in [0, 0.1) is 0 Å². The van der Waals surface area contributed by atoms with E-state index in [9.17, 15) is 4.79 Å². The maximum atomic E-state index is 12.3. The molecule has 0 aliphatic carbocycles. The number of allylic oxidation sites excluding steroid dienone is 1. The highest BCUT2D eigenvalue weighted by atomic mass is 79.9. The van der Waals surface area contributed by atoms with Gasteiger partial charge >= 0.3 is 5.97 Å². The van der Waals surface area contributed by atoms with Crippen LogP contribution in [0.15, 0.2) is 65.3 Å². The third-order valence-electron chi connectivity index (χ3n) is 4.74.